The molecule has 3 rings (SSSR count). The summed E-state index contributed by atoms with van der Waals surface area (Å²) in [7, 11) is -3.43. The fourth-order valence-corrected chi connectivity index (χ4v) is 3.48. The van der Waals surface area contributed by atoms with Crippen LogP contribution in [0, 0.1) is 0 Å². The van der Waals surface area contributed by atoms with Gasteiger partial charge in [0, 0.05) is 17.4 Å². The van der Waals surface area contributed by atoms with E-state index in [1.54, 1.807) is 0 Å². The zero-order valence-electron chi connectivity index (χ0n) is 13.6. The average molecular weight is 435 g/mol. The Balaban J connectivity index is 2.22. The molecule has 0 aliphatic rings. The van der Waals surface area contributed by atoms with Crippen molar-refractivity contribution in [3.63, 3.8) is 0 Å². The number of hydrogen-bond donors (Lipinski definition) is 1. The number of benzene rings is 2. The smallest absolute Gasteiger partial charge is 0.272 e. The van der Waals surface area contributed by atoms with E-state index in [4.69, 9.17) is 23.2 Å². The molecule has 4 nitrogen and oxygen atoms in total. The third-order valence-corrected chi connectivity index (χ3v) is 5.68. The molecule has 1 heterocycles. The third kappa shape index (κ3) is 3.97. The number of hydrogen-bond acceptors (Lipinski definition) is 3. The molecule has 0 spiro atoms. The van der Waals surface area contributed by atoms with Gasteiger partial charge in [0.1, 0.15) is 11.4 Å². The Morgan fingerprint density at radius 2 is 1.56 bits per heavy atom. The highest BCUT2D eigenvalue weighted by molar-refractivity contribution is 7.90. The minimum Gasteiger partial charge on any atom is -0.272 e. The molecule has 1 N–H and O–H groups in total. The summed E-state index contributed by atoms with van der Waals surface area (Å²) < 4.78 is 63.5. The van der Waals surface area contributed by atoms with Gasteiger partial charge in [-0.3, -0.25) is 5.10 Å². The minimum absolute atomic E-state index is 0.0146. The van der Waals surface area contributed by atoms with Gasteiger partial charge >= 0.3 is 6.18 Å². The van der Waals surface area contributed by atoms with E-state index in [-0.39, 0.29) is 31.8 Å². The zero-order chi connectivity index (χ0) is 20.0. The van der Waals surface area contributed by atoms with Gasteiger partial charge < -0.3 is 0 Å². The Kier molecular flexibility index (Phi) is 5.00. The number of nitrogens with one attached hydrogen (secondary N) is 1. The number of H-pyrrole nitrogens is 1. The lowest BCUT2D eigenvalue weighted by molar-refractivity contribution is -0.140. The van der Waals surface area contributed by atoms with Crippen molar-refractivity contribution in [3.05, 3.63) is 58.2 Å². The minimum atomic E-state index is -4.68. The first kappa shape index (κ1) is 19.7. The fraction of sp³-hybridized carbons (Fsp3) is 0.118. The van der Waals surface area contributed by atoms with Crippen molar-refractivity contribution in [2.75, 3.05) is 6.26 Å². The standard InChI is InChI=1S/C17H11Cl2F3N2O2S/c1-27(25,26)11-5-2-9(3-6-11)15-14(16(24-23-15)17(20,21)22)10-4-7-12(18)13(19)8-10/h2-8H,1H3,(H,23,24). The first-order valence-electron chi connectivity index (χ1n) is 7.40. The van der Waals surface area contributed by atoms with Crippen LogP contribution in [0.4, 0.5) is 13.2 Å². The Labute approximate surface area is 162 Å². The summed E-state index contributed by atoms with van der Waals surface area (Å²) in [5, 5.41) is 6.13. The Morgan fingerprint density at radius 1 is 0.963 bits per heavy atom. The van der Waals surface area contributed by atoms with Gasteiger partial charge in [0.05, 0.1) is 14.9 Å². The van der Waals surface area contributed by atoms with E-state index in [9.17, 15) is 21.6 Å². The van der Waals surface area contributed by atoms with E-state index in [2.05, 4.69) is 5.10 Å². The maximum absolute atomic E-state index is 13.5. The van der Waals surface area contributed by atoms with Crippen LogP contribution in [0.25, 0.3) is 22.4 Å². The van der Waals surface area contributed by atoms with Crippen LogP contribution in [0.2, 0.25) is 10.0 Å². The Morgan fingerprint density at radius 3 is 2.07 bits per heavy atom. The van der Waals surface area contributed by atoms with Crippen molar-refractivity contribution in [1.82, 2.24) is 10.2 Å². The molecule has 0 fully saturated rings. The molecule has 0 saturated heterocycles. The predicted octanol–water partition coefficient (Wildman–Crippen LogP) is 5.47. The number of nitrogens with zero attached hydrogens (tertiary/aromatic N) is 1. The summed E-state index contributed by atoms with van der Waals surface area (Å²) >= 11 is 11.8. The molecule has 0 atom stereocenters. The summed E-state index contributed by atoms with van der Waals surface area (Å²) in [6.45, 7) is 0. The molecule has 0 bridgehead atoms. The number of rotatable bonds is 3. The van der Waals surface area contributed by atoms with Crippen LogP contribution in [-0.4, -0.2) is 24.9 Å². The number of sulfone groups is 1. The van der Waals surface area contributed by atoms with Crippen LogP contribution in [0.5, 0.6) is 0 Å². The molecule has 0 aliphatic heterocycles. The highest BCUT2D eigenvalue weighted by atomic mass is 35.5. The molecule has 2 aromatic carbocycles. The lowest BCUT2D eigenvalue weighted by Crippen LogP contribution is -2.07. The molecule has 142 valence electrons. The topological polar surface area (TPSA) is 62.8 Å². The van der Waals surface area contributed by atoms with Crippen molar-refractivity contribution in [2.24, 2.45) is 0 Å². The lowest BCUT2D eigenvalue weighted by atomic mass is 9.98. The molecule has 0 amide bonds. The fourth-order valence-electron chi connectivity index (χ4n) is 2.55. The van der Waals surface area contributed by atoms with Gasteiger partial charge in [-0.25, -0.2) is 8.42 Å². The second kappa shape index (κ2) is 6.85. The van der Waals surface area contributed by atoms with E-state index in [0.29, 0.717) is 5.56 Å². The van der Waals surface area contributed by atoms with Crippen molar-refractivity contribution >= 4 is 33.0 Å². The van der Waals surface area contributed by atoms with Crippen LogP contribution in [-0.2, 0) is 16.0 Å². The van der Waals surface area contributed by atoms with Gasteiger partial charge in [-0.1, -0.05) is 41.4 Å². The van der Waals surface area contributed by atoms with Gasteiger partial charge in [0.25, 0.3) is 0 Å². The second-order valence-electron chi connectivity index (χ2n) is 5.75. The van der Waals surface area contributed by atoms with Crippen LogP contribution in [0.3, 0.4) is 0 Å². The summed E-state index contributed by atoms with van der Waals surface area (Å²) in [5.74, 6) is 0. The van der Waals surface area contributed by atoms with E-state index < -0.39 is 21.7 Å². The molecule has 3 aromatic rings. The molecule has 0 unspecified atom stereocenters. The molecule has 0 radical (unpaired) electrons. The SMILES string of the molecule is CS(=O)(=O)c1ccc(-c2n[nH]c(C(F)(F)F)c2-c2ccc(Cl)c(Cl)c2)cc1. The quantitative estimate of drug-likeness (QED) is 0.593. The number of aromatic amines is 1. The van der Waals surface area contributed by atoms with Crippen LogP contribution < -0.4 is 0 Å². The highest BCUT2D eigenvalue weighted by Crippen LogP contribution is 2.42. The van der Waals surface area contributed by atoms with Crippen molar-refractivity contribution in [1.29, 1.82) is 0 Å². The first-order valence-corrected chi connectivity index (χ1v) is 10.0. The van der Waals surface area contributed by atoms with Crippen LogP contribution in [0.15, 0.2) is 47.4 Å². The van der Waals surface area contributed by atoms with E-state index >= 15 is 0 Å². The van der Waals surface area contributed by atoms with Gasteiger partial charge in [-0.05, 0) is 29.8 Å². The maximum Gasteiger partial charge on any atom is 0.433 e. The van der Waals surface area contributed by atoms with Gasteiger partial charge in [-0.2, -0.15) is 18.3 Å². The normalized spacial score (nSPS) is 12.4. The Bertz CT molecular complexity index is 1110. The summed E-state index contributed by atoms with van der Waals surface area (Å²) in [5.41, 5.74) is -0.736. The first-order chi connectivity index (χ1) is 12.5. The van der Waals surface area contributed by atoms with Crippen LogP contribution >= 0.6 is 23.2 Å². The summed E-state index contributed by atoms with van der Waals surface area (Å²) in [4.78, 5) is 0.0499. The summed E-state index contributed by atoms with van der Waals surface area (Å²) in [6.07, 6.45) is -3.64. The molecular weight excluding hydrogens is 424 g/mol. The largest absolute Gasteiger partial charge is 0.433 e. The van der Waals surface area contributed by atoms with E-state index in [1.165, 1.54) is 42.5 Å². The average Bonchev–Trinajstić information content (AvgIpc) is 3.02. The Hall–Kier alpha value is -2.03. The zero-order valence-corrected chi connectivity index (χ0v) is 15.9. The van der Waals surface area contributed by atoms with Crippen molar-refractivity contribution < 1.29 is 21.6 Å². The second-order valence-corrected chi connectivity index (χ2v) is 8.58. The van der Waals surface area contributed by atoms with Crippen molar-refractivity contribution in [2.45, 2.75) is 11.1 Å². The molecule has 0 saturated carbocycles. The highest BCUT2D eigenvalue weighted by Gasteiger charge is 2.38. The molecule has 0 aliphatic carbocycles. The van der Waals surface area contributed by atoms with Gasteiger partial charge in [0.2, 0.25) is 0 Å². The molecular formula is C17H11Cl2F3N2O2S. The number of halogens is 5. The number of aromatic nitrogens is 2. The molecule has 1 aromatic heterocycles. The van der Waals surface area contributed by atoms with Crippen molar-refractivity contribution in [3.8, 4) is 22.4 Å². The molecule has 10 heteroatoms. The number of alkyl halides is 3. The monoisotopic (exact) mass is 434 g/mol. The van der Waals surface area contributed by atoms with E-state index in [0.717, 1.165) is 6.26 Å². The predicted molar refractivity (Wildman–Crippen MR) is 97.6 cm³/mol. The van der Waals surface area contributed by atoms with E-state index in [1.807, 2.05) is 5.10 Å². The molecule has 27 heavy (non-hydrogen) atoms. The van der Waals surface area contributed by atoms with Crippen LogP contribution in [0.1, 0.15) is 5.69 Å². The third-order valence-electron chi connectivity index (χ3n) is 3.81. The maximum atomic E-state index is 13.5. The van der Waals surface area contributed by atoms with Gasteiger partial charge in [-0.15, -0.1) is 0 Å². The van der Waals surface area contributed by atoms with Gasteiger partial charge in [0.15, 0.2) is 9.84 Å². The lowest BCUT2D eigenvalue weighted by Gasteiger charge is -2.10. The summed E-state index contributed by atoms with van der Waals surface area (Å²) in [6, 6.07) is 9.53.